The Morgan fingerprint density at radius 1 is 1.24 bits per heavy atom. The van der Waals surface area contributed by atoms with E-state index in [-0.39, 0.29) is 0 Å². The molecule has 21 heavy (non-hydrogen) atoms. The number of hydrogen-bond donors (Lipinski definition) is 1. The van der Waals surface area contributed by atoms with Gasteiger partial charge in [0.1, 0.15) is 5.75 Å². The van der Waals surface area contributed by atoms with Gasteiger partial charge in [0.25, 0.3) is 0 Å². The number of rotatable bonds is 5. The monoisotopic (exact) mass is 299 g/mol. The molecule has 0 aliphatic heterocycles. The Hall–Kier alpha value is -1.98. The number of ether oxygens (including phenoxy) is 1. The lowest BCUT2D eigenvalue weighted by molar-refractivity contribution is 0.323. The van der Waals surface area contributed by atoms with Crippen molar-refractivity contribution in [2.45, 2.75) is 19.9 Å². The summed E-state index contributed by atoms with van der Waals surface area (Å²) in [5.74, 6) is 0.852. The van der Waals surface area contributed by atoms with Gasteiger partial charge in [0.05, 0.1) is 23.3 Å². The van der Waals surface area contributed by atoms with E-state index in [2.05, 4.69) is 9.97 Å². The zero-order chi connectivity index (χ0) is 14.7. The van der Waals surface area contributed by atoms with Crippen LogP contribution in [0.3, 0.4) is 0 Å². The molecular weight excluding hydrogens is 282 g/mol. The van der Waals surface area contributed by atoms with E-state index in [1.165, 1.54) is 4.88 Å². The molecule has 0 unspecified atom stereocenters. The third kappa shape index (κ3) is 2.89. The summed E-state index contributed by atoms with van der Waals surface area (Å²) in [7, 11) is 0. The Balaban J connectivity index is 1.83. The molecule has 0 fully saturated rings. The fourth-order valence-corrected chi connectivity index (χ4v) is 3.05. The fourth-order valence-electron chi connectivity index (χ4n) is 2.29. The Bertz CT molecular complexity index is 754. The van der Waals surface area contributed by atoms with Crippen LogP contribution < -0.4 is 10.5 Å². The molecule has 1 aromatic carbocycles. The van der Waals surface area contributed by atoms with Crippen LogP contribution in [0.1, 0.15) is 16.1 Å². The van der Waals surface area contributed by atoms with E-state index in [1.54, 1.807) is 17.5 Å². The third-order valence-electron chi connectivity index (χ3n) is 3.44. The first kappa shape index (κ1) is 14.0. The molecule has 0 amide bonds. The highest BCUT2D eigenvalue weighted by atomic mass is 32.1. The molecule has 3 rings (SSSR count). The van der Waals surface area contributed by atoms with Gasteiger partial charge in [-0.15, -0.1) is 11.3 Å². The topological polar surface area (TPSA) is 61.0 Å². The first-order valence-electron chi connectivity index (χ1n) is 6.88. The average molecular weight is 299 g/mol. The molecule has 0 aliphatic carbocycles. The second-order valence-electron chi connectivity index (χ2n) is 4.79. The van der Waals surface area contributed by atoms with Gasteiger partial charge >= 0.3 is 0 Å². The summed E-state index contributed by atoms with van der Waals surface area (Å²) in [5, 5.41) is 1.02. The van der Waals surface area contributed by atoms with Crippen LogP contribution in [0, 0.1) is 6.92 Å². The quantitative estimate of drug-likeness (QED) is 0.786. The number of benzene rings is 1. The number of hydrogen-bond acceptors (Lipinski definition) is 5. The van der Waals surface area contributed by atoms with Crippen molar-refractivity contribution in [2.75, 3.05) is 6.61 Å². The van der Waals surface area contributed by atoms with E-state index in [0.29, 0.717) is 13.2 Å². The van der Waals surface area contributed by atoms with Crippen molar-refractivity contribution in [1.82, 2.24) is 9.97 Å². The third-order valence-corrected chi connectivity index (χ3v) is 4.43. The van der Waals surface area contributed by atoms with Gasteiger partial charge in [0, 0.05) is 35.0 Å². The first-order valence-corrected chi connectivity index (χ1v) is 7.76. The number of fused-ring (bicyclic) bond motifs is 1. The molecule has 0 atom stereocenters. The van der Waals surface area contributed by atoms with E-state index in [1.807, 2.05) is 36.7 Å². The normalized spacial score (nSPS) is 11.0. The molecule has 4 nitrogen and oxygen atoms in total. The van der Waals surface area contributed by atoms with Gasteiger partial charge in [0.2, 0.25) is 0 Å². The van der Waals surface area contributed by atoms with Crippen LogP contribution in [-0.2, 0) is 13.0 Å². The molecule has 2 heterocycles. The summed E-state index contributed by atoms with van der Waals surface area (Å²) < 4.78 is 6.03. The molecule has 0 aliphatic rings. The van der Waals surface area contributed by atoms with Gasteiger partial charge < -0.3 is 10.5 Å². The minimum absolute atomic E-state index is 0.423. The maximum atomic E-state index is 6.03. The number of aromatic nitrogens is 2. The van der Waals surface area contributed by atoms with Crippen molar-refractivity contribution in [3.63, 3.8) is 0 Å². The Morgan fingerprint density at radius 3 is 2.86 bits per heavy atom. The highest BCUT2D eigenvalue weighted by molar-refractivity contribution is 7.09. The lowest BCUT2D eigenvalue weighted by Crippen LogP contribution is -2.07. The number of para-hydroxylation sites is 1. The van der Waals surface area contributed by atoms with E-state index >= 15 is 0 Å². The molecule has 2 N–H and O–H groups in total. The minimum atomic E-state index is 0.423. The SMILES string of the molecule is Cc1ncsc1CCOc1c(CN)cnc2ccccc12. The van der Waals surface area contributed by atoms with E-state index in [9.17, 15) is 0 Å². The molecular formula is C16H17N3OS. The van der Waals surface area contributed by atoms with Crippen molar-refractivity contribution < 1.29 is 4.74 Å². The number of nitrogens with two attached hydrogens (primary N) is 1. The van der Waals surface area contributed by atoms with Gasteiger partial charge in [0.15, 0.2) is 0 Å². The Labute approximate surface area is 127 Å². The second-order valence-corrected chi connectivity index (χ2v) is 5.73. The summed E-state index contributed by atoms with van der Waals surface area (Å²) in [6, 6.07) is 7.97. The Kier molecular flexibility index (Phi) is 4.13. The largest absolute Gasteiger partial charge is 0.492 e. The van der Waals surface area contributed by atoms with Crippen LogP contribution in [0.15, 0.2) is 36.0 Å². The molecule has 2 aromatic heterocycles. The summed E-state index contributed by atoms with van der Waals surface area (Å²) in [4.78, 5) is 9.94. The molecule has 0 saturated carbocycles. The molecule has 0 radical (unpaired) electrons. The van der Waals surface area contributed by atoms with E-state index < -0.39 is 0 Å². The van der Waals surface area contributed by atoms with Gasteiger partial charge in [-0.25, -0.2) is 4.98 Å². The smallest absolute Gasteiger partial charge is 0.134 e. The van der Waals surface area contributed by atoms with Crippen LogP contribution in [0.25, 0.3) is 10.9 Å². The minimum Gasteiger partial charge on any atom is -0.492 e. The van der Waals surface area contributed by atoms with Crippen molar-refractivity contribution in [2.24, 2.45) is 5.73 Å². The van der Waals surface area contributed by atoms with E-state index in [4.69, 9.17) is 10.5 Å². The summed E-state index contributed by atoms with van der Waals surface area (Å²) in [5.41, 5.74) is 10.6. The molecule has 0 spiro atoms. The van der Waals surface area contributed by atoms with Gasteiger partial charge in [-0.2, -0.15) is 0 Å². The maximum absolute atomic E-state index is 6.03. The van der Waals surface area contributed by atoms with Gasteiger partial charge in [-0.05, 0) is 19.1 Å². The van der Waals surface area contributed by atoms with E-state index in [0.717, 1.165) is 34.3 Å². The summed E-state index contributed by atoms with van der Waals surface area (Å²) in [6.45, 7) is 3.07. The fraction of sp³-hybridized carbons (Fsp3) is 0.250. The molecule has 0 saturated heterocycles. The van der Waals surface area contributed by atoms with Crippen LogP contribution in [0.5, 0.6) is 5.75 Å². The van der Waals surface area contributed by atoms with Crippen LogP contribution in [-0.4, -0.2) is 16.6 Å². The lowest BCUT2D eigenvalue weighted by Gasteiger charge is -2.12. The number of nitrogens with zero attached hydrogens (tertiary/aromatic N) is 2. The van der Waals surface area contributed by atoms with Crippen LogP contribution >= 0.6 is 11.3 Å². The lowest BCUT2D eigenvalue weighted by atomic mass is 10.1. The second kappa shape index (κ2) is 6.20. The molecule has 108 valence electrons. The molecule has 5 heteroatoms. The summed E-state index contributed by atoms with van der Waals surface area (Å²) >= 11 is 1.67. The number of thiazole rings is 1. The standard InChI is InChI=1S/C16H17N3OS/c1-11-15(21-10-19-11)6-7-20-16-12(8-17)9-18-14-5-3-2-4-13(14)16/h2-5,9-10H,6-8,17H2,1H3. The van der Waals surface area contributed by atoms with Crippen LogP contribution in [0.2, 0.25) is 0 Å². The molecule has 0 bridgehead atoms. The summed E-state index contributed by atoms with van der Waals surface area (Å²) in [6.07, 6.45) is 2.66. The predicted molar refractivity (Wildman–Crippen MR) is 85.7 cm³/mol. The first-order chi connectivity index (χ1) is 10.3. The average Bonchev–Trinajstić information content (AvgIpc) is 2.93. The van der Waals surface area contributed by atoms with Gasteiger partial charge in [-0.3, -0.25) is 4.98 Å². The zero-order valence-electron chi connectivity index (χ0n) is 11.9. The van der Waals surface area contributed by atoms with Crippen molar-refractivity contribution in [3.05, 3.63) is 52.1 Å². The number of aryl methyl sites for hydroxylation is 1. The van der Waals surface area contributed by atoms with Crippen molar-refractivity contribution >= 4 is 22.2 Å². The van der Waals surface area contributed by atoms with Crippen LogP contribution in [0.4, 0.5) is 0 Å². The highest BCUT2D eigenvalue weighted by Crippen LogP contribution is 2.28. The molecule has 3 aromatic rings. The van der Waals surface area contributed by atoms with Gasteiger partial charge in [-0.1, -0.05) is 12.1 Å². The number of pyridine rings is 1. The maximum Gasteiger partial charge on any atom is 0.134 e. The predicted octanol–water partition coefficient (Wildman–Crippen LogP) is 3.08. The zero-order valence-corrected chi connectivity index (χ0v) is 12.7. The highest BCUT2D eigenvalue weighted by Gasteiger charge is 2.09. The van der Waals surface area contributed by atoms with Crippen molar-refractivity contribution in [1.29, 1.82) is 0 Å². The van der Waals surface area contributed by atoms with Crippen molar-refractivity contribution in [3.8, 4) is 5.75 Å². The Morgan fingerprint density at radius 2 is 2.10 bits per heavy atom.